The Labute approximate surface area is 73.8 Å². The van der Waals surface area contributed by atoms with E-state index in [9.17, 15) is 5.11 Å². The summed E-state index contributed by atoms with van der Waals surface area (Å²) in [5.74, 6) is 0.905. The van der Waals surface area contributed by atoms with Gasteiger partial charge in [0.15, 0.2) is 0 Å². The van der Waals surface area contributed by atoms with Crippen LogP contribution in [0.2, 0.25) is 0 Å². The molecule has 1 unspecified atom stereocenters. The Balaban J connectivity index is 1.60. The van der Waals surface area contributed by atoms with Crippen LogP contribution in [-0.2, 0) is 0 Å². The molecule has 1 atom stereocenters. The number of hydrogen-bond acceptors (Lipinski definition) is 3. The maximum atomic E-state index is 9.28. The van der Waals surface area contributed by atoms with Crippen molar-refractivity contribution in [3.8, 4) is 0 Å². The summed E-state index contributed by atoms with van der Waals surface area (Å²) >= 11 is 0. The van der Waals surface area contributed by atoms with Gasteiger partial charge in [-0.25, -0.2) is 0 Å². The van der Waals surface area contributed by atoms with Crippen LogP contribution < -0.4 is 5.32 Å². The predicted octanol–water partition coefficient (Wildman–Crippen LogP) is -0.337. The van der Waals surface area contributed by atoms with Gasteiger partial charge < -0.3 is 15.3 Å². The third-order valence-electron chi connectivity index (χ3n) is 2.97. The van der Waals surface area contributed by atoms with Gasteiger partial charge >= 0.3 is 0 Å². The van der Waals surface area contributed by atoms with Crippen LogP contribution >= 0.6 is 0 Å². The molecule has 2 rings (SSSR count). The Kier molecular flexibility index (Phi) is 2.63. The minimum absolute atomic E-state index is 0.0514. The van der Waals surface area contributed by atoms with E-state index in [2.05, 4.69) is 10.2 Å². The third kappa shape index (κ3) is 1.97. The number of hydrogen-bond donors (Lipinski definition) is 2. The second-order valence-corrected chi connectivity index (χ2v) is 4.06. The summed E-state index contributed by atoms with van der Waals surface area (Å²) in [6.07, 6.45) is 2.23. The zero-order valence-electron chi connectivity index (χ0n) is 7.50. The molecule has 0 amide bonds. The first-order valence-electron chi connectivity index (χ1n) is 4.96. The summed E-state index contributed by atoms with van der Waals surface area (Å²) in [4.78, 5) is 2.38. The van der Waals surface area contributed by atoms with Crippen molar-refractivity contribution in [2.75, 3.05) is 32.7 Å². The van der Waals surface area contributed by atoms with Gasteiger partial charge in [-0.2, -0.15) is 0 Å². The molecule has 3 heteroatoms. The molecule has 2 aliphatic heterocycles. The number of rotatable bonds is 3. The maximum Gasteiger partial charge on any atom is 0.0679 e. The van der Waals surface area contributed by atoms with Crippen molar-refractivity contribution >= 4 is 0 Å². The van der Waals surface area contributed by atoms with E-state index >= 15 is 0 Å². The third-order valence-corrected chi connectivity index (χ3v) is 2.97. The number of aliphatic hydroxyl groups is 1. The Morgan fingerprint density at radius 3 is 2.75 bits per heavy atom. The molecule has 12 heavy (non-hydrogen) atoms. The summed E-state index contributed by atoms with van der Waals surface area (Å²) in [5.41, 5.74) is 0. The Morgan fingerprint density at radius 2 is 2.25 bits per heavy atom. The molecule has 0 spiro atoms. The molecular weight excluding hydrogens is 152 g/mol. The molecule has 0 radical (unpaired) electrons. The molecule has 2 heterocycles. The van der Waals surface area contributed by atoms with Crippen LogP contribution in [0.3, 0.4) is 0 Å². The monoisotopic (exact) mass is 170 g/mol. The number of nitrogens with one attached hydrogen (secondary N) is 1. The van der Waals surface area contributed by atoms with E-state index in [1.165, 1.54) is 26.1 Å². The molecule has 2 aliphatic rings. The van der Waals surface area contributed by atoms with E-state index in [0.29, 0.717) is 0 Å². The van der Waals surface area contributed by atoms with Gasteiger partial charge in [0.25, 0.3) is 0 Å². The molecule has 70 valence electrons. The van der Waals surface area contributed by atoms with Gasteiger partial charge in [-0.05, 0) is 38.4 Å². The summed E-state index contributed by atoms with van der Waals surface area (Å²) < 4.78 is 0. The van der Waals surface area contributed by atoms with Gasteiger partial charge in [-0.1, -0.05) is 0 Å². The van der Waals surface area contributed by atoms with Crippen molar-refractivity contribution in [2.24, 2.45) is 5.92 Å². The molecule has 2 fully saturated rings. The standard InChI is InChI=1S/C9H18N2O/c12-9-2-4-11(7-9)3-1-8-5-10-6-8/h8-10,12H,1-7H2. The van der Waals surface area contributed by atoms with Gasteiger partial charge in [-0.3, -0.25) is 0 Å². The highest BCUT2D eigenvalue weighted by Crippen LogP contribution is 2.13. The van der Waals surface area contributed by atoms with Crippen LogP contribution in [0.1, 0.15) is 12.8 Å². The van der Waals surface area contributed by atoms with Crippen molar-refractivity contribution in [1.29, 1.82) is 0 Å². The molecule has 0 aromatic carbocycles. The second kappa shape index (κ2) is 3.73. The van der Waals surface area contributed by atoms with Gasteiger partial charge in [0, 0.05) is 13.1 Å². The molecular formula is C9H18N2O. The molecule has 2 saturated heterocycles. The fourth-order valence-electron chi connectivity index (χ4n) is 1.93. The van der Waals surface area contributed by atoms with Crippen molar-refractivity contribution in [3.05, 3.63) is 0 Å². The summed E-state index contributed by atoms with van der Waals surface area (Å²) in [6.45, 7) is 5.59. The topological polar surface area (TPSA) is 35.5 Å². The van der Waals surface area contributed by atoms with Crippen LogP contribution in [0.5, 0.6) is 0 Å². The van der Waals surface area contributed by atoms with E-state index in [-0.39, 0.29) is 6.10 Å². The highest BCUT2D eigenvalue weighted by Gasteiger charge is 2.22. The van der Waals surface area contributed by atoms with Gasteiger partial charge in [-0.15, -0.1) is 0 Å². The number of nitrogens with zero attached hydrogens (tertiary/aromatic N) is 1. The Morgan fingerprint density at radius 1 is 1.42 bits per heavy atom. The predicted molar refractivity (Wildman–Crippen MR) is 48.0 cm³/mol. The lowest BCUT2D eigenvalue weighted by Gasteiger charge is -2.28. The minimum Gasteiger partial charge on any atom is -0.392 e. The fraction of sp³-hybridized carbons (Fsp3) is 1.00. The molecule has 3 nitrogen and oxygen atoms in total. The minimum atomic E-state index is -0.0514. The Hall–Kier alpha value is -0.120. The average molecular weight is 170 g/mol. The van der Waals surface area contributed by atoms with E-state index < -0.39 is 0 Å². The van der Waals surface area contributed by atoms with Crippen molar-refractivity contribution in [3.63, 3.8) is 0 Å². The molecule has 0 aliphatic carbocycles. The number of β-amino-alcohol motifs (C(OH)–C–C–N with tert-alkyl or cyclic N) is 1. The average Bonchev–Trinajstić information content (AvgIpc) is 2.32. The van der Waals surface area contributed by atoms with E-state index in [1.807, 2.05) is 0 Å². The molecule has 0 aromatic rings. The van der Waals surface area contributed by atoms with Crippen molar-refractivity contribution in [2.45, 2.75) is 18.9 Å². The van der Waals surface area contributed by atoms with E-state index in [4.69, 9.17) is 0 Å². The van der Waals surface area contributed by atoms with Crippen LogP contribution in [0.25, 0.3) is 0 Å². The summed E-state index contributed by atoms with van der Waals surface area (Å²) in [5, 5.41) is 12.6. The van der Waals surface area contributed by atoms with Crippen molar-refractivity contribution in [1.82, 2.24) is 10.2 Å². The lowest BCUT2D eigenvalue weighted by Crippen LogP contribution is -2.43. The molecule has 0 bridgehead atoms. The first-order valence-corrected chi connectivity index (χ1v) is 4.96. The summed E-state index contributed by atoms with van der Waals surface area (Å²) in [7, 11) is 0. The first-order chi connectivity index (χ1) is 5.84. The fourth-order valence-corrected chi connectivity index (χ4v) is 1.93. The quantitative estimate of drug-likeness (QED) is 0.608. The number of aliphatic hydroxyl groups excluding tert-OH is 1. The van der Waals surface area contributed by atoms with Gasteiger partial charge in [0.2, 0.25) is 0 Å². The Bertz CT molecular complexity index is 147. The molecule has 0 aromatic heterocycles. The second-order valence-electron chi connectivity index (χ2n) is 4.06. The van der Waals surface area contributed by atoms with Crippen LogP contribution in [0, 0.1) is 5.92 Å². The smallest absolute Gasteiger partial charge is 0.0679 e. The largest absolute Gasteiger partial charge is 0.392 e. The lowest BCUT2D eigenvalue weighted by molar-refractivity contribution is 0.171. The van der Waals surface area contributed by atoms with Crippen molar-refractivity contribution < 1.29 is 5.11 Å². The number of likely N-dealkylation sites (tertiary alicyclic amines) is 1. The first kappa shape index (κ1) is 8.48. The maximum absolute atomic E-state index is 9.28. The van der Waals surface area contributed by atoms with Crippen LogP contribution in [0.4, 0.5) is 0 Å². The molecule has 2 N–H and O–H groups in total. The van der Waals surface area contributed by atoms with Gasteiger partial charge in [0.1, 0.15) is 0 Å². The molecule has 0 saturated carbocycles. The van der Waals surface area contributed by atoms with Crippen LogP contribution in [0.15, 0.2) is 0 Å². The van der Waals surface area contributed by atoms with Gasteiger partial charge in [0.05, 0.1) is 6.10 Å². The zero-order chi connectivity index (χ0) is 8.39. The van der Waals surface area contributed by atoms with E-state index in [0.717, 1.165) is 25.4 Å². The highest BCUT2D eigenvalue weighted by atomic mass is 16.3. The van der Waals surface area contributed by atoms with Crippen LogP contribution in [-0.4, -0.2) is 48.8 Å². The zero-order valence-corrected chi connectivity index (χ0v) is 7.50. The van der Waals surface area contributed by atoms with E-state index in [1.54, 1.807) is 0 Å². The lowest BCUT2D eigenvalue weighted by atomic mass is 9.99. The normalized spacial score (nSPS) is 32.2. The summed E-state index contributed by atoms with van der Waals surface area (Å²) in [6, 6.07) is 0. The SMILES string of the molecule is OC1CCN(CCC2CNC2)C1. The highest BCUT2D eigenvalue weighted by molar-refractivity contribution is 4.79.